The number of nitrogens with one attached hydrogen (secondary N) is 1. The summed E-state index contributed by atoms with van der Waals surface area (Å²) in [6.45, 7) is 5.41. The predicted octanol–water partition coefficient (Wildman–Crippen LogP) is 3.94. The number of ether oxygens (including phenoxy) is 1. The van der Waals surface area contributed by atoms with Crippen LogP contribution in [0.5, 0.6) is 5.88 Å². The molecule has 0 amide bonds. The van der Waals surface area contributed by atoms with Gasteiger partial charge >= 0.3 is 6.18 Å². The quantitative estimate of drug-likeness (QED) is 0.477. The van der Waals surface area contributed by atoms with E-state index in [2.05, 4.69) is 25.4 Å². The third-order valence-electron chi connectivity index (χ3n) is 5.54. The number of hydrogen-bond donors (Lipinski definition) is 1. The summed E-state index contributed by atoms with van der Waals surface area (Å²) in [5.41, 5.74) is 2.16. The van der Waals surface area contributed by atoms with Crippen molar-refractivity contribution in [1.82, 2.24) is 34.6 Å². The number of alkyl halides is 3. The molecule has 0 aliphatic carbocycles. The molecule has 0 fully saturated rings. The van der Waals surface area contributed by atoms with Crippen molar-refractivity contribution in [3.8, 4) is 23.1 Å². The Kier molecular flexibility index (Phi) is 5.56. The van der Waals surface area contributed by atoms with Crippen LogP contribution in [-0.2, 0) is 12.7 Å². The van der Waals surface area contributed by atoms with Gasteiger partial charge in [0.1, 0.15) is 17.2 Å². The van der Waals surface area contributed by atoms with E-state index in [0.29, 0.717) is 48.5 Å². The van der Waals surface area contributed by atoms with Gasteiger partial charge in [-0.15, -0.1) is 5.10 Å². The minimum Gasteiger partial charge on any atom is -0.476 e. The Morgan fingerprint density at radius 1 is 1.12 bits per heavy atom. The van der Waals surface area contributed by atoms with Crippen LogP contribution >= 0.6 is 0 Å². The maximum absolute atomic E-state index is 13.0. The van der Waals surface area contributed by atoms with Gasteiger partial charge in [0.25, 0.3) is 0 Å². The Labute approximate surface area is 193 Å². The van der Waals surface area contributed by atoms with Crippen molar-refractivity contribution in [3.63, 3.8) is 0 Å². The van der Waals surface area contributed by atoms with Crippen molar-refractivity contribution < 1.29 is 17.9 Å². The summed E-state index contributed by atoms with van der Waals surface area (Å²) in [6.07, 6.45) is -0.799. The molecule has 1 aliphatic rings. The Balaban J connectivity index is 1.49. The van der Waals surface area contributed by atoms with Gasteiger partial charge in [0.15, 0.2) is 5.82 Å². The molecular formula is C23H22F3N7O. The summed E-state index contributed by atoms with van der Waals surface area (Å²) in [4.78, 5) is 13.6. The zero-order chi connectivity index (χ0) is 23.9. The number of aryl methyl sites for hydroxylation is 1. The average molecular weight is 469 g/mol. The number of nitrogens with zero attached hydrogens (tertiary/aromatic N) is 6. The summed E-state index contributed by atoms with van der Waals surface area (Å²) in [6, 6.07) is 8.42. The maximum Gasteiger partial charge on any atom is 0.416 e. The molecule has 0 spiro atoms. The fraction of sp³-hybridized carbons (Fsp3) is 0.304. The second-order valence-electron chi connectivity index (χ2n) is 7.90. The Morgan fingerprint density at radius 2 is 1.91 bits per heavy atom. The normalized spacial score (nSPS) is 15.9. The summed E-state index contributed by atoms with van der Waals surface area (Å²) < 4.78 is 48.2. The molecule has 4 heterocycles. The molecule has 1 aliphatic heterocycles. The molecule has 4 aromatic rings. The van der Waals surface area contributed by atoms with Crippen molar-refractivity contribution in [3.05, 3.63) is 71.6 Å². The first kappa shape index (κ1) is 22.1. The fourth-order valence-electron chi connectivity index (χ4n) is 3.93. The molecule has 34 heavy (non-hydrogen) atoms. The van der Waals surface area contributed by atoms with E-state index < -0.39 is 11.7 Å². The van der Waals surface area contributed by atoms with Crippen molar-refractivity contribution in [2.24, 2.45) is 0 Å². The third-order valence-corrected chi connectivity index (χ3v) is 5.54. The van der Waals surface area contributed by atoms with Gasteiger partial charge in [0, 0.05) is 12.7 Å². The van der Waals surface area contributed by atoms with Crippen LogP contribution in [0.1, 0.15) is 35.6 Å². The van der Waals surface area contributed by atoms with Crippen LogP contribution in [0.3, 0.4) is 0 Å². The summed E-state index contributed by atoms with van der Waals surface area (Å²) in [5.74, 6) is 1.47. The van der Waals surface area contributed by atoms with Crippen molar-refractivity contribution in [2.75, 3.05) is 13.2 Å². The van der Waals surface area contributed by atoms with E-state index in [9.17, 15) is 13.2 Å². The number of pyridine rings is 1. The van der Waals surface area contributed by atoms with Gasteiger partial charge < -0.3 is 14.6 Å². The topological polar surface area (TPSA) is 82.7 Å². The molecule has 0 saturated heterocycles. The maximum atomic E-state index is 13.0. The SMILES string of the molecule is CCOc1nc(-c2nc3n(n2)CCN[C@H]3c2ccc(C(F)(F)F)cc2)ccc1-n1cnc(C)c1. The monoisotopic (exact) mass is 469 g/mol. The lowest BCUT2D eigenvalue weighted by atomic mass is 10.0. The van der Waals surface area contributed by atoms with Crippen molar-refractivity contribution in [1.29, 1.82) is 0 Å². The lowest BCUT2D eigenvalue weighted by Crippen LogP contribution is -2.34. The molecule has 176 valence electrons. The number of benzene rings is 1. The van der Waals surface area contributed by atoms with E-state index >= 15 is 0 Å². The molecule has 0 unspecified atom stereocenters. The van der Waals surface area contributed by atoms with E-state index in [1.807, 2.05) is 36.7 Å². The first-order chi connectivity index (χ1) is 16.3. The van der Waals surface area contributed by atoms with Gasteiger partial charge in [-0.3, -0.25) is 0 Å². The Bertz CT molecular complexity index is 1310. The molecule has 8 nitrogen and oxygen atoms in total. The number of rotatable bonds is 5. The van der Waals surface area contributed by atoms with Crippen molar-refractivity contribution >= 4 is 0 Å². The molecule has 5 rings (SSSR count). The molecule has 1 N–H and O–H groups in total. The third kappa shape index (κ3) is 4.14. The van der Waals surface area contributed by atoms with Crippen LogP contribution in [0.2, 0.25) is 0 Å². The highest BCUT2D eigenvalue weighted by molar-refractivity contribution is 5.55. The number of imidazole rings is 1. The largest absolute Gasteiger partial charge is 0.476 e. The fourth-order valence-corrected chi connectivity index (χ4v) is 3.93. The van der Waals surface area contributed by atoms with Gasteiger partial charge in [-0.25, -0.2) is 19.6 Å². The molecule has 3 aromatic heterocycles. The molecule has 0 radical (unpaired) electrons. The molecule has 1 aromatic carbocycles. The van der Waals surface area contributed by atoms with E-state index in [-0.39, 0.29) is 6.04 Å². The molecule has 1 atom stereocenters. The molecular weight excluding hydrogens is 447 g/mol. The van der Waals surface area contributed by atoms with Crippen LogP contribution in [0.4, 0.5) is 13.2 Å². The predicted molar refractivity (Wildman–Crippen MR) is 118 cm³/mol. The van der Waals surface area contributed by atoms with E-state index in [4.69, 9.17) is 4.74 Å². The van der Waals surface area contributed by atoms with E-state index in [1.165, 1.54) is 12.1 Å². The standard InChI is InChI=1S/C23H22F3N7O/c1-3-34-22-18(32-12-14(2)28-13-32)9-8-17(29-22)20-30-21-19(27-10-11-33(21)31-20)15-4-6-16(7-5-15)23(24,25)26/h4-9,12-13,19,27H,3,10-11H2,1-2H3/t19-/m0/s1. The molecule has 0 bridgehead atoms. The van der Waals surface area contributed by atoms with Gasteiger partial charge in [0.05, 0.1) is 36.8 Å². The zero-order valence-electron chi connectivity index (χ0n) is 18.5. The van der Waals surface area contributed by atoms with E-state index in [0.717, 1.165) is 23.5 Å². The Morgan fingerprint density at radius 3 is 2.59 bits per heavy atom. The van der Waals surface area contributed by atoms with Crippen LogP contribution in [0, 0.1) is 6.92 Å². The van der Waals surface area contributed by atoms with Gasteiger partial charge in [-0.05, 0) is 43.7 Å². The zero-order valence-corrected chi connectivity index (χ0v) is 18.5. The van der Waals surface area contributed by atoms with Crippen LogP contribution in [0.15, 0.2) is 48.9 Å². The second kappa shape index (κ2) is 8.56. The average Bonchev–Trinajstić information content (AvgIpc) is 3.45. The first-order valence-corrected chi connectivity index (χ1v) is 10.8. The summed E-state index contributed by atoms with van der Waals surface area (Å²) in [7, 11) is 0. The molecule has 11 heteroatoms. The minimum atomic E-state index is -4.38. The highest BCUT2D eigenvalue weighted by Gasteiger charge is 2.31. The van der Waals surface area contributed by atoms with Crippen molar-refractivity contribution in [2.45, 2.75) is 32.6 Å². The highest BCUT2D eigenvalue weighted by Crippen LogP contribution is 2.32. The number of hydrogen-bond acceptors (Lipinski definition) is 6. The summed E-state index contributed by atoms with van der Waals surface area (Å²) in [5, 5.41) is 7.93. The van der Waals surface area contributed by atoms with Gasteiger partial charge in [-0.2, -0.15) is 13.2 Å². The summed E-state index contributed by atoms with van der Waals surface area (Å²) >= 11 is 0. The number of halogens is 3. The number of fused-ring (bicyclic) bond motifs is 1. The van der Waals surface area contributed by atoms with Gasteiger partial charge in [0.2, 0.25) is 5.88 Å². The first-order valence-electron chi connectivity index (χ1n) is 10.8. The van der Waals surface area contributed by atoms with Crippen LogP contribution in [-0.4, -0.2) is 42.5 Å². The minimum absolute atomic E-state index is 0.378. The Hall–Kier alpha value is -3.73. The lowest BCUT2D eigenvalue weighted by Gasteiger charge is -2.24. The van der Waals surface area contributed by atoms with E-state index in [1.54, 1.807) is 11.0 Å². The highest BCUT2D eigenvalue weighted by atomic mass is 19.4. The van der Waals surface area contributed by atoms with Crippen LogP contribution < -0.4 is 10.1 Å². The van der Waals surface area contributed by atoms with Gasteiger partial charge in [-0.1, -0.05) is 12.1 Å². The second-order valence-corrected chi connectivity index (χ2v) is 7.90. The number of aromatic nitrogens is 6. The van der Waals surface area contributed by atoms with Crippen LogP contribution in [0.25, 0.3) is 17.2 Å². The smallest absolute Gasteiger partial charge is 0.416 e. The lowest BCUT2D eigenvalue weighted by molar-refractivity contribution is -0.137. The molecule has 0 saturated carbocycles.